The van der Waals surface area contributed by atoms with Crippen molar-refractivity contribution in [1.29, 1.82) is 0 Å². The average Bonchev–Trinajstić information content (AvgIpc) is 3.04. The molecule has 0 aliphatic carbocycles. The van der Waals surface area contributed by atoms with Crippen molar-refractivity contribution in [3.05, 3.63) is 18.2 Å². The minimum Gasteiger partial charge on any atom is -0.353 e. The normalized spacial score (nSPS) is 19.6. The summed E-state index contributed by atoms with van der Waals surface area (Å²) in [6.45, 7) is 5.63. The molecule has 2 fully saturated rings. The molecule has 0 aromatic carbocycles. The number of carbonyl (C=O) groups excluding carboxylic acids is 1. The molecule has 4 heterocycles. The molecule has 0 unspecified atom stereocenters. The van der Waals surface area contributed by atoms with E-state index >= 15 is 0 Å². The molecule has 0 atom stereocenters. The molecule has 0 N–H and O–H groups in total. The van der Waals surface area contributed by atoms with E-state index in [0.717, 1.165) is 67.8 Å². The maximum absolute atomic E-state index is 12.5. The summed E-state index contributed by atoms with van der Waals surface area (Å²) in [5, 5.41) is 8.42. The quantitative estimate of drug-likeness (QED) is 0.829. The van der Waals surface area contributed by atoms with Crippen LogP contribution in [-0.2, 0) is 4.79 Å². The minimum absolute atomic E-state index is 0.340. The highest BCUT2D eigenvalue weighted by Crippen LogP contribution is 2.27. The molecular weight excluding hydrogens is 336 g/mol. The molecule has 2 aromatic heterocycles. The summed E-state index contributed by atoms with van der Waals surface area (Å²) in [7, 11) is 0. The van der Waals surface area contributed by atoms with E-state index in [9.17, 15) is 4.79 Å². The van der Waals surface area contributed by atoms with Crippen molar-refractivity contribution in [1.82, 2.24) is 24.5 Å². The second-order valence-electron chi connectivity index (χ2n) is 6.82. The van der Waals surface area contributed by atoms with Gasteiger partial charge < -0.3 is 9.80 Å². The monoisotopic (exact) mass is 360 g/mol. The van der Waals surface area contributed by atoms with Gasteiger partial charge in [-0.1, -0.05) is 0 Å². The van der Waals surface area contributed by atoms with Gasteiger partial charge in [-0.2, -0.15) is 11.8 Å². The molecule has 0 radical (unpaired) electrons. The Morgan fingerprint density at radius 3 is 2.72 bits per heavy atom. The van der Waals surface area contributed by atoms with Gasteiger partial charge in [0.1, 0.15) is 5.82 Å². The van der Waals surface area contributed by atoms with Crippen LogP contribution in [0.4, 0.5) is 5.82 Å². The van der Waals surface area contributed by atoms with Gasteiger partial charge in [0, 0.05) is 56.5 Å². The number of hydrogen-bond acceptors (Lipinski definition) is 6. The van der Waals surface area contributed by atoms with Crippen LogP contribution < -0.4 is 4.90 Å². The first-order valence-corrected chi connectivity index (χ1v) is 10.1. The Kier molecular flexibility index (Phi) is 4.78. The van der Waals surface area contributed by atoms with Gasteiger partial charge in [-0.15, -0.1) is 10.2 Å². The topological polar surface area (TPSA) is 66.6 Å². The smallest absolute Gasteiger partial charge is 0.222 e. The van der Waals surface area contributed by atoms with Crippen LogP contribution in [0.15, 0.2) is 12.4 Å². The Bertz CT molecular complexity index is 749. The van der Waals surface area contributed by atoms with E-state index in [1.54, 1.807) is 0 Å². The fourth-order valence-corrected chi connectivity index (χ4v) is 4.59. The van der Waals surface area contributed by atoms with E-state index in [0.29, 0.717) is 18.2 Å². The highest BCUT2D eigenvalue weighted by atomic mass is 32.2. The largest absolute Gasteiger partial charge is 0.353 e. The van der Waals surface area contributed by atoms with Gasteiger partial charge in [0.2, 0.25) is 11.6 Å². The number of amides is 1. The third kappa shape index (κ3) is 3.44. The lowest BCUT2D eigenvalue weighted by atomic mass is 9.93. The van der Waals surface area contributed by atoms with Crippen molar-refractivity contribution in [2.75, 3.05) is 42.6 Å². The number of aromatic nitrogens is 4. The number of fused-ring (bicyclic) bond motifs is 1. The number of nitrogens with zero attached hydrogens (tertiary/aromatic N) is 6. The third-order valence-electron chi connectivity index (χ3n) is 5.22. The summed E-state index contributed by atoms with van der Waals surface area (Å²) in [4.78, 5) is 21.3. The maximum atomic E-state index is 12.5. The van der Waals surface area contributed by atoms with Crippen molar-refractivity contribution in [2.24, 2.45) is 5.92 Å². The zero-order valence-corrected chi connectivity index (χ0v) is 15.4. The number of carbonyl (C=O) groups is 1. The Balaban J connectivity index is 1.37. The number of piperidine rings is 1. The zero-order chi connectivity index (χ0) is 17.2. The van der Waals surface area contributed by atoms with Crippen LogP contribution in [0.1, 0.15) is 25.1 Å². The highest BCUT2D eigenvalue weighted by molar-refractivity contribution is 7.99. The number of rotatable bonds is 3. The van der Waals surface area contributed by atoms with Gasteiger partial charge in [-0.25, -0.2) is 4.98 Å². The fourth-order valence-electron chi connectivity index (χ4n) is 3.69. The lowest BCUT2D eigenvalue weighted by molar-refractivity contribution is -0.132. The van der Waals surface area contributed by atoms with Crippen molar-refractivity contribution < 1.29 is 4.79 Å². The Labute approximate surface area is 151 Å². The molecular formula is C17H24N6OS. The summed E-state index contributed by atoms with van der Waals surface area (Å²) in [6, 6.07) is 0. The van der Waals surface area contributed by atoms with Crippen LogP contribution in [-0.4, -0.2) is 68.1 Å². The molecule has 2 aliphatic heterocycles. The van der Waals surface area contributed by atoms with E-state index in [2.05, 4.69) is 20.1 Å². The molecule has 7 nitrogen and oxygen atoms in total. The fraction of sp³-hybridized carbons (Fsp3) is 0.647. The molecule has 8 heteroatoms. The highest BCUT2D eigenvalue weighted by Gasteiger charge is 2.26. The van der Waals surface area contributed by atoms with E-state index in [-0.39, 0.29) is 0 Å². The van der Waals surface area contributed by atoms with Crippen molar-refractivity contribution in [3.8, 4) is 0 Å². The van der Waals surface area contributed by atoms with Crippen molar-refractivity contribution in [2.45, 2.75) is 26.2 Å². The van der Waals surface area contributed by atoms with Crippen molar-refractivity contribution in [3.63, 3.8) is 0 Å². The Morgan fingerprint density at radius 2 is 1.96 bits per heavy atom. The molecule has 25 heavy (non-hydrogen) atoms. The van der Waals surface area contributed by atoms with Gasteiger partial charge in [-0.05, 0) is 25.7 Å². The Morgan fingerprint density at radius 1 is 1.20 bits per heavy atom. The summed E-state index contributed by atoms with van der Waals surface area (Å²) in [5.41, 5.74) is 0.820. The van der Waals surface area contributed by atoms with E-state index < -0.39 is 0 Å². The van der Waals surface area contributed by atoms with E-state index in [4.69, 9.17) is 0 Å². The third-order valence-corrected chi connectivity index (χ3v) is 6.16. The molecule has 2 saturated heterocycles. The molecule has 0 spiro atoms. The first kappa shape index (κ1) is 16.6. The molecule has 2 aromatic rings. The van der Waals surface area contributed by atoms with Gasteiger partial charge in [0.25, 0.3) is 0 Å². The summed E-state index contributed by atoms with van der Waals surface area (Å²) in [6.07, 6.45) is 6.47. The van der Waals surface area contributed by atoms with Crippen LogP contribution >= 0.6 is 11.8 Å². The first-order valence-electron chi connectivity index (χ1n) is 8.99. The van der Waals surface area contributed by atoms with Crippen LogP contribution in [0, 0.1) is 12.8 Å². The lowest BCUT2D eigenvalue weighted by Crippen LogP contribution is -2.40. The molecule has 0 bridgehead atoms. The van der Waals surface area contributed by atoms with Gasteiger partial charge in [-0.3, -0.25) is 9.20 Å². The van der Waals surface area contributed by atoms with Crippen LogP contribution in [0.5, 0.6) is 0 Å². The molecule has 4 rings (SSSR count). The summed E-state index contributed by atoms with van der Waals surface area (Å²) >= 11 is 1.94. The predicted molar refractivity (Wildman–Crippen MR) is 99.0 cm³/mol. The minimum atomic E-state index is 0.340. The number of anilines is 1. The predicted octanol–water partition coefficient (Wildman–Crippen LogP) is 1.61. The average molecular weight is 360 g/mol. The van der Waals surface area contributed by atoms with E-state index in [1.165, 1.54) is 0 Å². The molecule has 1 amide bonds. The molecule has 2 aliphatic rings. The van der Waals surface area contributed by atoms with Gasteiger partial charge in [0.15, 0.2) is 5.82 Å². The SMILES string of the molecule is Cc1nnc2c(N3CCC(CC(=O)N4CCSCC4)CC3)nccn12. The van der Waals surface area contributed by atoms with Crippen LogP contribution in [0.25, 0.3) is 5.65 Å². The standard InChI is InChI=1S/C17H24N6OS/c1-13-19-20-17-16(18-4-7-23(13)17)22-5-2-14(3-6-22)12-15(24)21-8-10-25-11-9-21/h4,7,14H,2-3,5-6,8-12H2,1H3. The van der Waals surface area contributed by atoms with Gasteiger partial charge in [0.05, 0.1) is 0 Å². The van der Waals surface area contributed by atoms with E-state index in [1.807, 2.05) is 40.4 Å². The Hall–Kier alpha value is -1.83. The van der Waals surface area contributed by atoms with Gasteiger partial charge >= 0.3 is 0 Å². The van der Waals surface area contributed by atoms with Crippen LogP contribution in [0.3, 0.4) is 0 Å². The number of hydrogen-bond donors (Lipinski definition) is 0. The zero-order valence-electron chi connectivity index (χ0n) is 14.6. The molecule has 134 valence electrons. The summed E-state index contributed by atoms with van der Waals surface area (Å²) in [5.74, 6) is 4.76. The first-order chi connectivity index (χ1) is 12.2. The van der Waals surface area contributed by atoms with Crippen LogP contribution in [0.2, 0.25) is 0 Å². The maximum Gasteiger partial charge on any atom is 0.222 e. The number of thioether (sulfide) groups is 1. The molecule has 0 saturated carbocycles. The van der Waals surface area contributed by atoms with Crippen molar-refractivity contribution >= 4 is 29.1 Å². The summed E-state index contributed by atoms with van der Waals surface area (Å²) < 4.78 is 1.98. The number of aryl methyl sites for hydroxylation is 1. The lowest BCUT2D eigenvalue weighted by Gasteiger charge is -2.34. The second kappa shape index (κ2) is 7.19. The second-order valence-corrected chi connectivity index (χ2v) is 8.04.